The molecule has 0 aliphatic carbocycles. The third-order valence-corrected chi connectivity index (χ3v) is 3.45. The molecule has 1 saturated heterocycles. The quantitative estimate of drug-likeness (QED) is 0.794. The lowest BCUT2D eigenvalue weighted by molar-refractivity contribution is -0.121. The number of carbonyl (C=O) groups excluding carboxylic acids is 2. The Morgan fingerprint density at radius 2 is 1.84 bits per heavy atom. The van der Waals surface area contributed by atoms with Crippen molar-refractivity contribution in [1.82, 2.24) is 10.2 Å². The van der Waals surface area contributed by atoms with Gasteiger partial charge in [-0.2, -0.15) is 0 Å². The van der Waals surface area contributed by atoms with Crippen LogP contribution in [0.15, 0.2) is 0 Å². The first-order valence-corrected chi connectivity index (χ1v) is 6.88. The third-order valence-electron chi connectivity index (χ3n) is 3.45. The fourth-order valence-corrected chi connectivity index (χ4v) is 2.47. The SMILES string of the molecule is CC(=O)NC1C(C)CCN(C(=O)OC(C)(C)C)C1C. The third kappa shape index (κ3) is 4.40. The van der Waals surface area contributed by atoms with Crippen LogP contribution in [0.3, 0.4) is 0 Å². The first-order valence-electron chi connectivity index (χ1n) is 6.88. The summed E-state index contributed by atoms with van der Waals surface area (Å²) in [5, 5.41) is 2.94. The summed E-state index contributed by atoms with van der Waals surface area (Å²) in [4.78, 5) is 25.1. The highest BCUT2D eigenvalue weighted by Crippen LogP contribution is 2.25. The van der Waals surface area contributed by atoms with Crippen LogP contribution in [-0.4, -0.2) is 41.1 Å². The Kier molecular flexibility index (Phi) is 4.82. The van der Waals surface area contributed by atoms with Crippen molar-refractivity contribution in [2.45, 2.75) is 65.6 Å². The van der Waals surface area contributed by atoms with E-state index in [2.05, 4.69) is 12.2 Å². The zero-order valence-electron chi connectivity index (χ0n) is 12.8. The van der Waals surface area contributed by atoms with Crippen LogP contribution in [0, 0.1) is 5.92 Å². The highest BCUT2D eigenvalue weighted by atomic mass is 16.6. The monoisotopic (exact) mass is 270 g/mol. The van der Waals surface area contributed by atoms with Gasteiger partial charge in [-0.1, -0.05) is 6.92 Å². The Labute approximate surface area is 115 Å². The fraction of sp³-hybridized carbons (Fsp3) is 0.857. The molecule has 1 N–H and O–H groups in total. The number of rotatable bonds is 1. The molecule has 5 heteroatoms. The summed E-state index contributed by atoms with van der Waals surface area (Å²) < 4.78 is 5.41. The normalized spacial score (nSPS) is 27.9. The van der Waals surface area contributed by atoms with Gasteiger partial charge in [0.1, 0.15) is 5.60 Å². The summed E-state index contributed by atoms with van der Waals surface area (Å²) >= 11 is 0. The van der Waals surface area contributed by atoms with Gasteiger partial charge in [-0.05, 0) is 40.0 Å². The van der Waals surface area contributed by atoms with Gasteiger partial charge < -0.3 is 15.0 Å². The van der Waals surface area contributed by atoms with Crippen molar-refractivity contribution in [3.63, 3.8) is 0 Å². The smallest absolute Gasteiger partial charge is 0.410 e. The Balaban J connectivity index is 2.75. The zero-order valence-corrected chi connectivity index (χ0v) is 12.8. The maximum Gasteiger partial charge on any atom is 0.410 e. The van der Waals surface area contributed by atoms with Gasteiger partial charge in [-0.25, -0.2) is 4.79 Å². The van der Waals surface area contributed by atoms with Gasteiger partial charge in [-0.15, -0.1) is 0 Å². The van der Waals surface area contributed by atoms with Crippen molar-refractivity contribution in [3.8, 4) is 0 Å². The van der Waals surface area contributed by atoms with E-state index in [9.17, 15) is 9.59 Å². The average molecular weight is 270 g/mol. The molecule has 1 aliphatic rings. The number of carbonyl (C=O) groups is 2. The predicted molar refractivity (Wildman–Crippen MR) is 73.8 cm³/mol. The van der Waals surface area contributed by atoms with Gasteiger partial charge in [0.25, 0.3) is 0 Å². The number of nitrogens with zero attached hydrogens (tertiary/aromatic N) is 1. The Bertz CT molecular complexity index is 349. The summed E-state index contributed by atoms with van der Waals surface area (Å²) in [7, 11) is 0. The number of hydrogen-bond acceptors (Lipinski definition) is 3. The Morgan fingerprint density at radius 1 is 1.26 bits per heavy atom. The van der Waals surface area contributed by atoms with E-state index in [-0.39, 0.29) is 24.1 Å². The summed E-state index contributed by atoms with van der Waals surface area (Å²) in [6.07, 6.45) is 0.566. The van der Waals surface area contributed by atoms with Crippen molar-refractivity contribution in [3.05, 3.63) is 0 Å². The molecule has 19 heavy (non-hydrogen) atoms. The van der Waals surface area contributed by atoms with E-state index in [0.29, 0.717) is 12.5 Å². The molecule has 0 spiro atoms. The van der Waals surface area contributed by atoms with Crippen LogP contribution < -0.4 is 5.32 Å². The van der Waals surface area contributed by atoms with Crippen LogP contribution >= 0.6 is 0 Å². The highest BCUT2D eigenvalue weighted by molar-refractivity contribution is 5.74. The largest absolute Gasteiger partial charge is 0.444 e. The molecule has 5 nitrogen and oxygen atoms in total. The number of hydrogen-bond donors (Lipinski definition) is 1. The van der Waals surface area contributed by atoms with Crippen LogP contribution in [0.5, 0.6) is 0 Å². The average Bonchev–Trinajstić information content (AvgIpc) is 2.21. The molecule has 0 radical (unpaired) electrons. The topological polar surface area (TPSA) is 58.6 Å². The molecule has 0 aromatic carbocycles. The number of amides is 2. The Hall–Kier alpha value is -1.26. The summed E-state index contributed by atoms with van der Waals surface area (Å²) in [6, 6.07) is -0.0683. The van der Waals surface area contributed by atoms with Gasteiger partial charge in [0, 0.05) is 13.5 Å². The van der Waals surface area contributed by atoms with Crippen LogP contribution in [0.4, 0.5) is 4.79 Å². The number of likely N-dealkylation sites (tertiary alicyclic amines) is 1. The van der Waals surface area contributed by atoms with Crippen LogP contribution in [-0.2, 0) is 9.53 Å². The number of piperidine rings is 1. The first-order chi connectivity index (χ1) is 8.61. The van der Waals surface area contributed by atoms with Crippen molar-refractivity contribution in [2.24, 2.45) is 5.92 Å². The zero-order chi connectivity index (χ0) is 14.8. The molecule has 110 valence electrons. The van der Waals surface area contributed by atoms with Gasteiger partial charge in [-0.3, -0.25) is 4.79 Å². The lowest BCUT2D eigenvalue weighted by Crippen LogP contribution is -2.59. The molecule has 0 aromatic rings. The fourth-order valence-electron chi connectivity index (χ4n) is 2.47. The lowest BCUT2D eigenvalue weighted by Gasteiger charge is -2.43. The minimum Gasteiger partial charge on any atom is -0.444 e. The van der Waals surface area contributed by atoms with Crippen molar-refractivity contribution >= 4 is 12.0 Å². The molecule has 0 aromatic heterocycles. The van der Waals surface area contributed by atoms with Crippen LogP contribution in [0.1, 0.15) is 48.0 Å². The molecule has 0 saturated carbocycles. The molecule has 1 fully saturated rings. The predicted octanol–water partition coefficient (Wildman–Crippen LogP) is 2.16. The van der Waals surface area contributed by atoms with E-state index in [1.807, 2.05) is 27.7 Å². The number of ether oxygens (including phenoxy) is 1. The number of nitrogens with one attached hydrogen (secondary N) is 1. The van der Waals surface area contributed by atoms with Crippen molar-refractivity contribution in [1.29, 1.82) is 0 Å². The van der Waals surface area contributed by atoms with Crippen LogP contribution in [0.2, 0.25) is 0 Å². The highest BCUT2D eigenvalue weighted by Gasteiger charge is 2.37. The molecule has 0 bridgehead atoms. The van der Waals surface area contributed by atoms with Crippen molar-refractivity contribution < 1.29 is 14.3 Å². The maximum absolute atomic E-state index is 12.2. The molecule has 3 unspecified atom stereocenters. The minimum atomic E-state index is -0.497. The van der Waals surface area contributed by atoms with E-state index in [1.165, 1.54) is 6.92 Å². The summed E-state index contributed by atoms with van der Waals surface area (Å²) in [6.45, 7) is 11.8. The molecular weight excluding hydrogens is 244 g/mol. The standard InChI is InChI=1S/C14H26N2O3/c1-9-7-8-16(13(18)19-14(4,5)6)10(2)12(9)15-11(3)17/h9-10,12H,7-8H2,1-6H3,(H,15,17). The molecule has 2 amide bonds. The van der Waals surface area contributed by atoms with Gasteiger partial charge in [0.2, 0.25) is 5.91 Å². The van der Waals surface area contributed by atoms with E-state index >= 15 is 0 Å². The van der Waals surface area contributed by atoms with Crippen molar-refractivity contribution in [2.75, 3.05) is 6.54 Å². The molecular formula is C14H26N2O3. The first kappa shape index (κ1) is 15.8. The molecule has 1 rings (SSSR count). The molecule has 1 heterocycles. The second-order valence-electron chi connectivity index (χ2n) is 6.41. The molecule has 1 aliphatic heterocycles. The van der Waals surface area contributed by atoms with Crippen LogP contribution in [0.25, 0.3) is 0 Å². The van der Waals surface area contributed by atoms with Gasteiger partial charge >= 0.3 is 6.09 Å². The van der Waals surface area contributed by atoms with E-state index in [1.54, 1.807) is 4.90 Å². The summed E-state index contributed by atoms with van der Waals surface area (Å²) in [5.74, 6) is 0.298. The summed E-state index contributed by atoms with van der Waals surface area (Å²) in [5.41, 5.74) is -0.497. The van der Waals surface area contributed by atoms with E-state index in [4.69, 9.17) is 4.74 Å². The minimum absolute atomic E-state index is 0.0150. The maximum atomic E-state index is 12.2. The second kappa shape index (κ2) is 5.80. The van der Waals surface area contributed by atoms with E-state index in [0.717, 1.165) is 6.42 Å². The van der Waals surface area contributed by atoms with E-state index < -0.39 is 5.60 Å². The van der Waals surface area contributed by atoms with Gasteiger partial charge in [0.05, 0.1) is 12.1 Å². The Morgan fingerprint density at radius 3 is 2.32 bits per heavy atom. The molecule has 3 atom stereocenters. The second-order valence-corrected chi connectivity index (χ2v) is 6.41. The van der Waals surface area contributed by atoms with Gasteiger partial charge in [0.15, 0.2) is 0 Å². The lowest BCUT2D eigenvalue weighted by atomic mass is 9.87.